The number of carbonyl (C=O) groups excluding carboxylic acids is 1. The normalized spacial score (nSPS) is 10.9. The number of benzene rings is 2. The maximum atomic E-state index is 12.0. The Hall–Kier alpha value is -2.62. The molecule has 0 spiro atoms. The summed E-state index contributed by atoms with van der Waals surface area (Å²) in [5.41, 5.74) is 0.913. The first-order valence-electron chi connectivity index (χ1n) is 6.21. The summed E-state index contributed by atoms with van der Waals surface area (Å²) in [5.74, 6) is -0.0344. The fourth-order valence-corrected chi connectivity index (χ4v) is 2.41. The van der Waals surface area contributed by atoms with Gasteiger partial charge in [-0.2, -0.15) is 0 Å². The number of rotatable bonds is 1. The van der Waals surface area contributed by atoms with E-state index in [9.17, 15) is 9.59 Å². The van der Waals surface area contributed by atoms with Gasteiger partial charge < -0.3 is 9.15 Å². The van der Waals surface area contributed by atoms with Crippen molar-refractivity contribution < 1.29 is 13.9 Å². The highest BCUT2D eigenvalue weighted by Gasteiger charge is 2.11. The molecule has 0 bridgehead atoms. The van der Waals surface area contributed by atoms with Crippen molar-refractivity contribution in [3.05, 3.63) is 52.4 Å². The van der Waals surface area contributed by atoms with Crippen LogP contribution in [-0.4, -0.2) is 5.97 Å². The molecule has 4 nitrogen and oxygen atoms in total. The Bertz CT molecular complexity index is 890. The topological polar surface area (TPSA) is 56.5 Å². The van der Waals surface area contributed by atoms with Crippen molar-refractivity contribution in [3.8, 4) is 5.75 Å². The van der Waals surface area contributed by atoms with Gasteiger partial charge in [-0.3, -0.25) is 4.79 Å². The zero-order chi connectivity index (χ0) is 14.3. The molecule has 3 rings (SSSR count). The lowest BCUT2D eigenvalue weighted by molar-refractivity contribution is -0.131. The van der Waals surface area contributed by atoms with Gasteiger partial charge in [-0.25, -0.2) is 4.79 Å². The standard InChI is InChI=1S/C16H12O4/c1-9-7-11(19-10(2)17)8-14-15(9)12-5-3-4-6-13(12)16(18)20-14/h3-8H,1-2H3. The van der Waals surface area contributed by atoms with E-state index >= 15 is 0 Å². The second-order valence-electron chi connectivity index (χ2n) is 4.64. The van der Waals surface area contributed by atoms with Gasteiger partial charge in [0.05, 0.1) is 5.39 Å². The number of hydrogen-bond donors (Lipinski definition) is 0. The highest BCUT2D eigenvalue weighted by molar-refractivity contribution is 6.06. The second-order valence-corrected chi connectivity index (χ2v) is 4.64. The van der Waals surface area contributed by atoms with Crippen molar-refractivity contribution >= 4 is 27.7 Å². The zero-order valence-corrected chi connectivity index (χ0v) is 11.1. The molecule has 1 aromatic heterocycles. The molecule has 0 amide bonds. The number of aryl methyl sites for hydroxylation is 1. The summed E-state index contributed by atoms with van der Waals surface area (Å²) in [6.45, 7) is 3.22. The molecular formula is C16H12O4. The van der Waals surface area contributed by atoms with Gasteiger partial charge >= 0.3 is 11.6 Å². The van der Waals surface area contributed by atoms with Gasteiger partial charge in [0.15, 0.2) is 0 Å². The predicted octanol–water partition coefficient (Wildman–Crippen LogP) is 3.18. The number of carbonyl (C=O) groups is 1. The quantitative estimate of drug-likeness (QED) is 0.294. The largest absolute Gasteiger partial charge is 0.427 e. The number of ether oxygens (including phenoxy) is 1. The summed E-state index contributed by atoms with van der Waals surface area (Å²) >= 11 is 0. The van der Waals surface area contributed by atoms with Crippen LogP contribution in [0.2, 0.25) is 0 Å². The van der Waals surface area contributed by atoms with Crippen LogP contribution in [0, 0.1) is 6.92 Å². The van der Waals surface area contributed by atoms with E-state index in [0.29, 0.717) is 16.7 Å². The highest BCUT2D eigenvalue weighted by Crippen LogP contribution is 2.29. The van der Waals surface area contributed by atoms with Crippen molar-refractivity contribution in [1.82, 2.24) is 0 Å². The fourth-order valence-electron chi connectivity index (χ4n) is 2.41. The van der Waals surface area contributed by atoms with Gasteiger partial charge in [-0.15, -0.1) is 0 Å². The van der Waals surface area contributed by atoms with Crippen LogP contribution in [0.25, 0.3) is 21.7 Å². The van der Waals surface area contributed by atoms with E-state index in [-0.39, 0.29) is 0 Å². The lowest BCUT2D eigenvalue weighted by atomic mass is 10.0. The third kappa shape index (κ3) is 1.95. The van der Waals surface area contributed by atoms with Crippen LogP contribution in [0.5, 0.6) is 5.75 Å². The molecule has 0 aliphatic heterocycles. The van der Waals surface area contributed by atoms with Crippen molar-refractivity contribution in [2.45, 2.75) is 13.8 Å². The minimum Gasteiger partial charge on any atom is -0.427 e. The number of fused-ring (bicyclic) bond motifs is 3. The molecular weight excluding hydrogens is 256 g/mol. The van der Waals surface area contributed by atoms with E-state index in [4.69, 9.17) is 9.15 Å². The monoisotopic (exact) mass is 268 g/mol. The van der Waals surface area contributed by atoms with Gasteiger partial charge in [-0.1, -0.05) is 18.2 Å². The highest BCUT2D eigenvalue weighted by atomic mass is 16.5. The van der Waals surface area contributed by atoms with Crippen LogP contribution in [0.15, 0.2) is 45.6 Å². The minimum absolute atomic E-state index is 0.376. The molecule has 0 saturated carbocycles. The minimum atomic E-state index is -0.410. The summed E-state index contributed by atoms with van der Waals surface area (Å²) in [5, 5.41) is 2.24. The molecule has 1 heterocycles. The molecule has 0 fully saturated rings. The summed E-state index contributed by atoms with van der Waals surface area (Å²) in [7, 11) is 0. The first-order chi connectivity index (χ1) is 9.56. The van der Waals surface area contributed by atoms with E-state index in [1.807, 2.05) is 19.1 Å². The Balaban J connectivity index is 2.42. The maximum Gasteiger partial charge on any atom is 0.344 e. The molecule has 0 atom stereocenters. The Kier molecular flexibility index (Phi) is 2.79. The van der Waals surface area contributed by atoms with Crippen molar-refractivity contribution in [2.75, 3.05) is 0 Å². The zero-order valence-electron chi connectivity index (χ0n) is 11.1. The van der Waals surface area contributed by atoms with E-state index in [1.165, 1.54) is 6.92 Å². The summed E-state index contributed by atoms with van der Waals surface area (Å²) in [4.78, 5) is 23.0. The third-order valence-corrected chi connectivity index (χ3v) is 3.15. The van der Waals surface area contributed by atoms with Crippen molar-refractivity contribution in [1.29, 1.82) is 0 Å². The molecule has 20 heavy (non-hydrogen) atoms. The Morgan fingerprint density at radius 3 is 2.55 bits per heavy atom. The van der Waals surface area contributed by atoms with Gasteiger partial charge in [0.2, 0.25) is 0 Å². The number of esters is 1. The molecule has 0 N–H and O–H groups in total. The summed E-state index contributed by atoms with van der Waals surface area (Å²) < 4.78 is 10.4. The van der Waals surface area contributed by atoms with E-state index in [1.54, 1.807) is 24.3 Å². The van der Waals surface area contributed by atoms with Crippen LogP contribution in [-0.2, 0) is 4.79 Å². The molecule has 2 aromatic carbocycles. The van der Waals surface area contributed by atoms with E-state index < -0.39 is 11.6 Å². The van der Waals surface area contributed by atoms with Gasteiger partial charge in [0.25, 0.3) is 0 Å². The Morgan fingerprint density at radius 1 is 1.15 bits per heavy atom. The maximum absolute atomic E-state index is 12.0. The summed E-state index contributed by atoms with van der Waals surface area (Å²) in [6, 6.07) is 10.6. The molecule has 0 unspecified atom stereocenters. The van der Waals surface area contributed by atoms with Crippen LogP contribution in [0.4, 0.5) is 0 Å². The molecule has 100 valence electrons. The van der Waals surface area contributed by atoms with Crippen LogP contribution >= 0.6 is 0 Å². The van der Waals surface area contributed by atoms with Crippen LogP contribution in [0.3, 0.4) is 0 Å². The smallest absolute Gasteiger partial charge is 0.344 e. The van der Waals surface area contributed by atoms with Crippen LogP contribution in [0.1, 0.15) is 12.5 Å². The average Bonchev–Trinajstić information content (AvgIpc) is 2.37. The lowest BCUT2D eigenvalue weighted by Crippen LogP contribution is -2.03. The molecule has 4 heteroatoms. The van der Waals surface area contributed by atoms with Gasteiger partial charge in [-0.05, 0) is 24.6 Å². The molecule has 0 saturated heterocycles. The lowest BCUT2D eigenvalue weighted by Gasteiger charge is -2.08. The molecule has 3 aromatic rings. The summed E-state index contributed by atoms with van der Waals surface area (Å²) in [6.07, 6.45) is 0. The Labute approximate surface area is 114 Å². The Morgan fingerprint density at radius 2 is 1.85 bits per heavy atom. The second kappa shape index (κ2) is 4.49. The van der Waals surface area contributed by atoms with Crippen molar-refractivity contribution in [3.63, 3.8) is 0 Å². The SMILES string of the molecule is CC(=O)Oc1cc(C)c2c(c1)oc(=O)c1ccccc12. The average molecular weight is 268 g/mol. The molecule has 0 aliphatic rings. The molecule has 0 radical (unpaired) electrons. The predicted molar refractivity (Wildman–Crippen MR) is 76.0 cm³/mol. The first-order valence-corrected chi connectivity index (χ1v) is 6.21. The number of hydrogen-bond acceptors (Lipinski definition) is 4. The van der Waals surface area contributed by atoms with Gasteiger partial charge in [0.1, 0.15) is 11.3 Å². The first kappa shape index (κ1) is 12.4. The fraction of sp³-hybridized carbons (Fsp3) is 0.125. The van der Waals surface area contributed by atoms with Crippen LogP contribution < -0.4 is 10.4 Å². The van der Waals surface area contributed by atoms with E-state index in [0.717, 1.165) is 16.3 Å². The third-order valence-electron chi connectivity index (χ3n) is 3.15. The molecule has 0 aliphatic carbocycles. The van der Waals surface area contributed by atoms with Gasteiger partial charge in [0, 0.05) is 23.8 Å². The van der Waals surface area contributed by atoms with Crippen molar-refractivity contribution in [2.24, 2.45) is 0 Å². The van der Waals surface area contributed by atoms with E-state index in [2.05, 4.69) is 0 Å².